The lowest BCUT2D eigenvalue weighted by molar-refractivity contribution is 0.0719. The number of benzene rings is 2. The SMILES string of the molecule is Cc1ccccc1NC(=O)c1ccc2c(c1)N(C)C1CCCN1C2=O. The van der Waals surface area contributed by atoms with Crippen LogP contribution >= 0.6 is 0 Å². The van der Waals surface area contributed by atoms with Crippen LogP contribution < -0.4 is 10.2 Å². The molecule has 2 aliphatic rings. The Morgan fingerprint density at radius 2 is 2.00 bits per heavy atom. The molecule has 0 aliphatic carbocycles. The van der Waals surface area contributed by atoms with Crippen molar-refractivity contribution in [3.8, 4) is 0 Å². The molecule has 2 amide bonds. The topological polar surface area (TPSA) is 52.7 Å². The van der Waals surface area contributed by atoms with Gasteiger partial charge in [-0.2, -0.15) is 0 Å². The van der Waals surface area contributed by atoms with Crippen LogP contribution in [0.3, 0.4) is 0 Å². The molecule has 0 spiro atoms. The summed E-state index contributed by atoms with van der Waals surface area (Å²) in [6.07, 6.45) is 2.10. The summed E-state index contributed by atoms with van der Waals surface area (Å²) in [5, 5.41) is 2.95. The molecule has 128 valence electrons. The predicted octanol–water partition coefficient (Wildman–Crippen LogP) is 3.26. The van der Waals surface area contributed by atoms with E-state index >= 15 is 0 Å². The van der Waals surface area contributed by atoms with E-state index < -0.39 is 0 Å². The smallest absolute Gasteiger partial charge is 0.257 e. The van der Waals surface area contributed by atoms with Crippen LogP contribution in [0, 0.1) is 6.92 Å². The highest BCUT2D eigenvalue weighted by Crippen LogP contribution is 2.35. The van der Waals surface area contributed by atoms with E-state index in [0.29, 0.717) is 11.1 Å². The van der Waals surface area contributed by atoms with Gasteiger partial charge in [0.2, 0.25) is 0 Å². The van der Waals surface area contributed by atoms with Gasteiger partial charge in [-0.05, 0) is 49.6 Å². The second-order valence-corrected chi connectivity index (χ2v) is 6.73. The fraction of sp³-hybridized carbons (Fsp3) is 0.300. The summed E-state index contributed by atoms with van der Waals surface area (Å²) in [4.78, 5) is 29.3. The molecule has 1 unspecified atom stereocenters. The first kappa shape index (κ1) is 15.7. The molecule has 5 nitrogen and oxygen atoms in total. The number of amides is 2. The van der Waals surface area contributed by atoms with Crippen molar-refractivity contribution >= 4 is 23.2 Å². The summed E-state index contributed by atoms with van der Waals surface area (Å²) in [5.74, 6) is -0.0896. The predicted molar refractivity (Wildman–Crippen MR) is 98.0 cm³/mol. The Morgan fingerprint density at radius 1 is 1.20 bits per heavy atom. The molecule has 1 atom stereocenters. The third-order valence-electron chi connectivity index (χ3n) is 5.19. The Labute approximate surface area is 147 Å². The van der Waals surface area contributed by atoms with E-state index in [2.05, 4.69) is 10.2 Å². The molecule has 1 saturated heterocycles. The molecule has 1 fully saturated rings. The monoisotopic (exact) mass is 335 g/mol. The van der Waals surface area contributed by atoms with Crippen molar-refractivity contribution in [1.82, 2.24) is 4.90 Å². The Balaban J connectivity index is 1.65. The minimum absolute atomic E-state index is 0.0708. The van der Waals surface area contributed by atoms with E-state index in [4.69, 9.17) is 0 Å². The summed E-state index contributed by atoms with van der Waals surface area (Å²) in [5.41, 5.74) is 3.89. The third-order valence-corrected chi connectivity index (χ3v) is 5.19. The quantitative estimate of drug-likeness (QED) is 0.916. The number of anilines is 2. The van der Waals surface area contributed by atoms with Crippen LogP contribution in [0.25, 0.3) is 0 Å². The highest BCUT2D eigenvalue weighted by molar-refractivity contribution is 6.08. The molecule has 2 heterocycles. The minimum Gasteiger partial charge on any atom is -0.354 e. The van der Waals surface area contributed by atoms with E-state index in [0.717, 1.165) is 36.3 Å². The summed E-state index contributed by atoms with van der Waals surface area (Å²) < 4.78 is 0. The number of hydrogen-bond donors (Lipinski definition) is 1. The Hall–Kier alpha value is -2.82. The molecule has 0 radical (unpaired) electrons. The van der Waals surface area contributed by atoms with Crippen LogP contribution in [0.5, 0.6) is 0 Å². The van der Waals surface area contributed by atoms with Crippen LogP contribution in [0.2, 0.25) is 0 Å². The molecular formula is C20H21N3O2. The maximum absolute atomic E-state index is 12.7. The van der Waals surface area contributed by atoms with Crippen molar-refractivity contribution in [1.29, 1.82) is 0 Å². The van der Waals surface area contributed by atoms with Crippen molar-refractivity contribution in [3.05, 3.63) is 59.2 Å². The molecule has 2 aromatic carbocycles. The minimum atomic E-state index is -0.160. The van der Waals surface area contributed by atoms with Gasteiger partial charge in [0.1, 0.15) is 6.17 Å². The van der Waals surface area contributed by atoms with Crippen molar-refractivity contribution in [3.63, 3.8) is 0 Å². The third kappa shape index (κ3) is 2.56. The highest BCUT2D eigenvalue weighted by atomic mass is 16.2. The standard InChI is InChI=1S/C20H21N3O2/c1-13-6-3-4-7-16(13)21-19(24)14-9-10-15-17(12-14)22(2)18-8-5-11-23(18)20(15)25/h3-4,6-7,9-10,12,18H,5,8,11H2,1-2H3,(H,21,24). The number of rotatable bonds is 2. The number of carbonyl (C=O) groups is 2. The van der Waals surface area contributed by atoms with Gasteiger partial charge in [0.05, 0.1) is 11.3 Å². The van der Waals surface area contributed by atoms with Crippen LogP contribution in [-0.4, -0.2) is 36.5 Å². The van der Waals surface area contributed by atoms with Crippen molar-refractivity contribution in [2.24, 2.45) is 0 Å². The first-order valence-electron chi connectivity index (χ1n) is 8.61. The van der Waals surface area contributed by atoms with Crippen molar-refractivity contribution in [2.45, 2.75) is 25.9 Å². The first-order valence-corrected chi connectivity index (χ1v) is 8.61. The van der Waals surface area contributed by atoms with Gasteiger partial charge >= 0.3 is 0 Å². The van der Waals surface area contributed by atoms with Crippen LogP contribution in [0.1, 0.15) is 39.1 Å². The van der Waals surface area contributed by atoms with Gasteiger partial charge in [0.15, 0.2) is 0 Å². The average Bonchev–Trinajstić information content (AvgIpc) is 3.11. The van der Waals surface area contributed by atoms with Gasteiger partial charge in [-0.25, -0.2) is 0 Å². The van der Waals surface area contributed by atoms with E-state index in [9.17, 15) is 9.59 Å². The molecule has 2 aliphatic heterocycles. The van der Waals surface area contributed by atoms with E-state index in [-0.39, 0.29) is 18.0 Å². The number of fused-ring (bicyclic) bond motifs is 2. The number of nitrogens with one attached hydrogen (secondary N) is 1. The largest absolute Gasteiger partial charge is 0.354 e. The Morgan fingerprint density at radius 3 is 2.80 bits per heavy atom. The average molecular weight is 335 g/mol. The van der Waals surface area contributed by atoms with E-state index in [1.807, 2.05) is 49.2 Å². The number of hydrogen-bond acceptors (Lipinski definition) is 3. The maximum atomic E-state index is 12.7. The number of carbonyl (C=O) groups excluding carboxylic acids is 2. The molecular weight excluding hydrogens is 314 g/mol. The summed E-state index contributed by atoms with van der Waals surface area (Å²) in [6, 6.07) is 13.0. The Bertz CT molecular complexity index is 862. The maximum Gasteiger partial charge on any atom is 0.257 e. The van der Waals surface area contributed by atoms with Crippen LogP contribution in [0.4, 0.5) is 11.4 Å². The molecule has 0 aromatic heterocycles. The number of nitrogens with zero attached hydrogens (tertiary/aromatic N) is 2. The lowest BCUT2D eigenvalue weighted by Crippen LogP contribution is -2.50. The molecule has 1 N–H and O–H groups in total. The molecule has 5 heteroatoms. The normalized spacial score (nSPS) is 18.8. The van der Waals surface area contributed by atoms with E-state index in [1.165, 1.54) is 0 Å². The zero-order valence-corrected chi connectivity index (χ0v) is 14.5. The molecule has 25 heavy (non-hydrogen) atoms. The van der Waals surface area contributed by atoms with Crippen molar-refractivity contribution in [2.75, 3.05) is 23.8 Å². The van der Waals surface area contributed by atoms with Crippen LogP contribution in [-0.2, 0) is 0 Å². The summed E-state index contributed by atoms with van der Waals surface area (Å²) in [7, 11) is 2.00. The summed E-state index contributed by atoms with van der Waals surface area (Å²) in [6.45, 7) is 2.77. The lowest BCUT2D eigenvalue weighted by atomic mass is 10.0. The van der Waals surface area contributed by atoms with E-state index in [1.54, 1.807) is 12.1 Å². The van der Waals surface area contributed by atoms with Crippen LogP contribution in [0.15, 0.2) is 42.5 Å². The van der Waals surface area contributed by atoms with Gasteiger partial charge in [-0.15, -0.1) is 0 Å². The first-order chi connectivity index (χ1) is 12.1. The second kappa shape index (κ2) is 5.92. The van der Waals surface area contributed by atoms with Gasteiger partial charge in [-0.3, -0.25) is 9.59 Å². The Kier molecular flexibility index (Phi) is 3.71. The van der Waals surface area contributed by atoms with Gasteiger partial charge in [0.25, 0.3) is 11.8 Å². The zero-order valence-electron chi connectivity index (χ0n) is 14.5. The van der Waals surface area contributed by atoms with Gasteiger partial charge in [0, 0.05) is 24.8 Å². The zero-order chi connectivity index (χ0) is 17.6. The summed E-state index contributed by atoms with van der Waals surface area (Å²) >= 11 is 0. The van der Waals surface area contributed by atoms with Gasteiger partial charge < -0.3 is 15.1 Å². The fourth-order valence-corrected chi connectivity index (χ4v) is 3.76. The van der Waals surface area contributed by atoms with Crippen molar-refractivity contribution < 1.29 is 9.59 Å². The fourth-order valence-electron chi connectivity index (χ4n) is 3.76. The highest BCUT2D eigenvalue weighted by Gasteiger charge is 2.38. The molecule has 0 saturated carbocycles. The number of aryl methyl sites for hydroxylation is 1. The lowest BCUT2D eigenvalue weighted by Gasteiger charge is -2.40. The molecule has 2 aromatic rings. The second-order valence-electron chi connectivity index (χ2n) is 6.73. The number of para-hydroxylation sites is 1. The molecule has 0 bridgehead atoms. The molecule has 4 rings (SSSR count). The van der Waals surface area contributed by atoms with Gasteiger partial charge in [-0.1, -0.05) is 18.2 Å².